The molecule has 0 atom stereocenters. The number of aromatic carboxylic acids is 1. The molecule has 94 valence electrons. The van der Waals surface area contributed by atoms with E-state index in [2.05, 4.69) is 10.3 Å². The first kappa shape index (κ1) is 13.6. The molecule has 0 bridgehead atoms. The first-order chi connectivity index (χ1) is 8.60. The molecular formula is C11H11N3O4. The lowest BCUT2D eigenvalue weighted by molar-refractivity contribution is 0.0689. The van der Waals surface area contributed by atoms with Crippen LogP contribution < -0.4 is 5.32 Å². The third-order valence-corrected chi connectivity index (χ3v) is 2.03. The molecule has 0 unspecified atom stereocenters. The number of carboxylic acid groups (broad SMARTS) is 1. The summed E-state index contributed by atoms with van der Waals surface area (Å²) in [6.45, 7) is -0.00717. The van der Waals surface area contributed by atoms with Crippen LogP contribution in [-0.4, -0.2) is 35.6 Å². The number of nitrogens with one attached hydrogen (secondary N) is 1. The molecule has 0 saturated heterocycles. The summed E-state index contributed by atoms with van der Waals surface area (Å²) in [5, 5.41) is 19.6. The predicted molar refractivity (Wildman–Crippen MR) is 59.9 cm³/mol. The number of carboxylic acids is 1. The number of pyridine rings is 1. The lowest BCUT2D eigenvalue weighted by Gasteiger charge is -2.06. The molecule has 1 amide bonds. The number of hydrogen-bond acceptors (Lipinski definition) is 5. The number of nitrogens with zero attached hydrogens (tertiary/aromatic N) is 2. The molecule has 2 N–H and O–H groups in total. The Morgan fingerprint density at radius 2 is 2.33 bits per heavy atom. The molecule has 0 aromatic carbocycles. The Hall–Kier alpha value is -2.46. The van der Waals surface area contributed by atoms with E-state index < -0.39 is 11.9 Å². The molecule has 1 heterocycles. The number of amides is 1. The molecule has 0 radical (unpaired) electrons. The maximum atomic E-state index is 11.6. The standard InChI is InChI=1S/C11H11N3O4/c1-18-6-7-4-8(11(16)17)9(14-5-7)10(15)13-3-2-12/h4-5H,3,6H2,1H3,(H,13,15)(H,16,17). The van der Waals surface area contributed by atoms with E-state index >= 15 is 0 Å². The van der Waals surface area contributed by atoms with Gasteiger partial charge in [-0.1, -0.05) is 0 Å². The van der Waals surface area contributed by atoms with Gasteiger partial charge in [0.25, 0.3) is 5.91 Å². The molecular weight excluding hydrogens is 238 g/mol. The van der Waals surface area contributed by atoms with Crippen LogP contribution in [-0.2, 0) is 11.3 Å². The van der Waals surface area contributed by atoms with Gasteiger partial charge in [0.15, 0.2) is 0 Å². The highest BCUT2D eigenvalue weighted by molar-refractivity contribution is 6.03. The normalized spacial score (nSPS) is 9.56. The quantitative estimate of drug-likeness (QED) is 0.720. The smallest absolute Gasteiger partial charge is 0.338 e. The minimum atomic E-state index is -1.26. The molecule has 0 fully saturated rings. The minimum absolute atomic E-state index is 0.202. The van der Waals surface area contributed by atoms with Crippen molar-refractivity contribution < 1.29 is 19.4 Å². The summed E-state index contributed by atoms with van der Waals surface area (Å²) >= 11 is 0. The molecule has 0 saturated carbocycles. The second-order valence-electron chi connectivity index (χ2n) is 3.32. The van der Waals surface area contributed by atoms with Gasteiger partial charge in [-0.2, -0.15) is 5.26 Å². The Morgan fingerprint density at radius 1 is 1.61 bits per heavy atom. The molecule has 7 nitrogen and oxygen atoms in total. The van der Waals surface area contributed by atoms with E-state index in [0.717, 1.165) is 0 Å². The van der Waals surface area contributed by atoms with E-state index in [1.54, 1.807) is 6.07 Å². The Balaban J connectivity index is 3.08. The summed E-state index contributed by atoms with van der Waals surface area (Å²) in [6, 6.07) is 3.04. The van der Waals surface area contributed by atoms with Gasteiger partial charge in [-0.3, -0.25) is 4.79 Å². The Labute approximate surface area is 103 Å². The van der Waals surface area contributed by atoms with Crippen molar-refractivity contribution in [2.45, 2.75) is 6.61 Å². The van der Waals surface area contributed by atoms with E-state index in [1.807, 2.05) is 0 Å². The lowest BCUT2D eigenvalue weighted by atomic mass is 10.1. The first-order valence-corrected chi connectivity index (χ1v) is 4.96. The Bertz CT molecular complexity index is 508. The SMILES string of the molecule is COCc1cnc(C(=O)NCC#N)c(C(=O)O)c1. The molecule has 0 aliphatic rings. The molecule has 1 rings (SSSR count). The molecule has 18 heavy (non-hydrogen) atoms. The Kier molecular flexibility index (Phi) is 4.78. The Morgan fingerprint density at radius 3 is 2.89 bits per heavy atom. The fraction of sp³-hybridized carbons (Fsp3) is 0.273. The number of rotatable bonds is 5. The van der Waals surface area contributed by atoms with E-state index in [4.69, 9.17) is 15.1 Å². The van der Waals surface area contributed by atoms with Crippen molar-refractivity contribution in [2.24, 2.45) is 0 Å². The van der Waals surface area contributed by atoms with Crippen molar-refractivity contribution >= 4 is 11.9 Å². The van der Waals surface area contributed by atoms with Gasteiger partial charge in [0.2, 0.25) is 0 Å². The molecule has 7 heteroatoms. The fourth-order valence-electron chi connectivity index (χ4n) is 1.30. The van der Waals surface area contributed by atoms with Gasteiger partial charge >= 0.3 is 5.97 Å². The number of carbonyl (C=O) groups excluding carboxylic acids is 1. The van der Waals surface area contributed by atoms with Gasteiger partial charge in [0.05, 0.1) is 18.2 Å². The van der Waals surface area contributed by atoms with Crippen molar-refractivity contribution in [1.82, 2.24) is 10.3 Å². The summed E-state index contributed by atoms with van der Waals surface area (Å²) in [7, 11) is 1.47. The molecule has 0 spiro atoms. The summed E-state index contributed by atoms with van der Waals surface area (Å²) in [5.74, 6) is -1.96. The van der Waals surface area contributed by atoms with Crippen LogP contribution in [0.15, 0.2) is 12.3 Å². The van der Waals surface area contributed by atoms with Crippen molar-refractivity contribution in [2.75, 3.05) is 13.7 Å². The molecule has 1 aromatic heterocycles. The lowest BCUT2D eigenvalue weighted by Crippen LogP contribution is -2.27. The third kappa shape index (κ3) is 3.26. The number of nitriles is 1. The summed E-state index contributed by atoms with van der Waals surface area (Å²) in [6.07, 6.45) is 1.36. The topological polar surface area (TPSA) is 112 Å². The zero-order chi connectivity index (χ0) is 13.5. The van der Waals surface area contributed by atoms with Gasteiger partial charge in [0, 0.05) is 13.3 Å². The van der Waals surface area contributed by atoms with Crippen LogP contribution >= 0.6 is 0 Å². The van der Waals surface area contributed by atoms with Crippen LogP contribution in [0, 0.1) is 11.3 Å². The van der Waals surface area contributed by atoms with Crippen LogP contribution in [0.1, 0.15) is 26.4 Å². The number of aromatic nitrogens is 1. The number of hydrogen-bond donors (Lipinski definition) is 2. The number of methoxy groups -OCH3 is 1. The van der Waals surface area contributed by atoms with E-state index in [-0.39, 0.29) is 24.4 Å². The van der Waals surface area contributed by atoms with Crippen LogP contribution in [0.25, 0.3) is 0 Å². The molecule has 0 aliphatic heterocycles. The second kappa shape index (κ2) is 6.32. The van der Waals surface area contributed by atoms with Crippen molar-refractivity contribution in [3.05, 3.63) is 29.1 Å². The maximum absolute atomic E-state index is 11.6. The summed E-state index contributed by atoms with van der Waals surface area (Å²) in [4.78, 5) is 26.4. The highest BCUT2D eigenvalue weighted by Gasteiger charge is 2.18. The van der Waals surface area contributed by atoms with Crippen LogP contribution in [0.2, 0.25) is 0 Å². The largest absolute Gasteiger partial charge is 0.478 e. The zero-order valence-corrected chi connectivity index (χ0v) is 9.64. The van der Waals surface area contributed by atoms with Gasteiger partial charge in [-0.15, -0.1) is 0 Å². The van der Waals surface area contributed by atoms with Gasteiger partial charge < -0.3 is 15.2 Å². The van der Waals surface area contributed by atoms with E-state index in [9.17, 15) is 9.59 Å². The van der Waals surface area contributed by atoms with E-state index in [0.29, 0.717) is 5.56 Å². The van der Waals surface area contributed by atoms with Crippen LogP contribution in [0.5, 0.6) is 0 Å². The highest BCUT2D eigenvalue weighted by atomic mass is 16.5. The molecule has 1 aromatic rings. The minimum Gasteiger partial charge on any atom is -0.478 e. The third-order valence-electron chi connectivity index (χ3n) is 2.03. The zero-order valence-electron chi connectivity index (χ0n) is 9.64. The van der Waals surface area contributed by atoms with Crippen molar-refractivity contribution in [3.8, 4) is 6.07 Å². The van der Waals surface area contributed by atoms with Crippen molar-refractivity contribution in [3.63, 3.8) is 0 Å². The predicted octanol–water partition coefficient (Wildman–Crippen LogP) is 0.180. The van der Waals surface area contributed by atoms with E-state index in [1.165, 1.54) is 19.4 Å². The average molecular weight is 249 g/mol. The van der Waals surface area contributed by atoms with Gasteiger partial charge in [-0.05, 0) is 11.6 Å². The highest BCUT2D eigenvalue weighted by Crippen LogP contribution is 2.10. The second-order valence-corrected chi connectivity index (χ2v) is 3.32. The average Bonchev–Trinajstić information content (AvgIpc) is 2.36. The summed E-state index contributed by atoms with van der Waals surface area (Å²) < 4.78 is 4.85. The van der Waals surface area contributed by atoms with Crippen molar-refractivity contribution in [1.29, 1.82) is 5.26 Å². The van der Waals surface area contributed by atoms with Crippen LogP contribution in [0.3, 0.4) is 0 Å². The first-order valence-electron chi connectivity index (χ1n) is 4.96. The van der Waals surface area contributed by atoms with Gasteiger partial charge in [0.1, 0.15) is 12.2 Å². The summed E-state index contributed by atoms with van der Waals surface area (Å²) in [5.41, 5.74) is 0.101. The number of carbonyl (C=O) groups is 2. The molecule has 0 aliphatic carbocycles. The van der Waals surface area contributed by atoms with Crippen LogP contribution in [0.4, 0.5) is 0 Å². The van der Waals surface area contributed by atoms with Gasteiger partial charge in [-0.25, -0.2) is 9.78 Å². The number of ether oxygens (including phenoxy) is 1. The maximum Gasteiger partial charge on any atom is 0.338 e. The monoisotopic (exact) mass is 249 g/mol. The fourth-order valence-corrected chi connectivity index (χ4v) is 1.30.